The van der Waals surface area contributed by atoms with E-state index in [0.717, 1.165) is 32.1 Å². The van der Waals surface area contributed by atoms with Gasteiger partial charge in [0.25, 0.3) is 5.91 Å². The molecule has 0 saturated heterocycles. The van der Waals surface area contributed by atoms with Gasteiger partial charge in [-0.05, 0) is 50.4 Å². The van der Waals surface area contributed by atoms with Crippen LogP contribution in [-0.4, -0.2) is 38.7 Å². The molecule has 0 aromatic carbocycles. The van der Waals surface area contributed by atoms with Crippen LogP contribution in [0, 0.1) is 28.1 Å². The molecule has 0 radical (unpaired) electrons. The first-order valence-electron chi connectivity index (χ1n) is 8.95. The summed E-state index contributed by atoms with van der Waals surface area (Å²) in [5.74, 6) is 0.301. The molecule has 8 nitrogen and oxygen atoms in total. The first-order valence-corrected chi connectivity index (χ1v) is 8.95. The molecular formula is C18H20N6O2. The Balaban J connectivity index is 1.31. The molecule has 3 aliphatic rings. The highest BCUT2D eigenvalue weighted by Gasteiger charge is 2.56. The number of carbonyl (C=O) groups excluding carboxylic acids is 1. The number of aliphatic hydroxyl groups is 1. The van der Waals surface area contributed by atoms with Gasteiger partial charge in [0, 0.05) is 12.1 Å². The summed E-state index contributed by atoms with van der Waals surface area (Å²) in [4.78, 5) is 20.1. The van der Waals surface area contributed by atoms with Crippen LogP contribution < -0.4 is 10.6 Å². The number of hydrogen-bond donors (Lipinski definition) is 3. The summed E-state index contributed by atoms with van der Waals surface area (Å²) in [7, 11) is 0. The van der Waals surface area contributed by atoms with Gasteiger partial charge in [0.2, 0.25) is 0 Å². The van der Waals surface area contributed by atoms with Gasteiger partial charge in [-0.3, -0.25) is 4.79 Å². The lowest BCUT2D eigenvalue weighted by molar-refractivity contribution is -0.132. The zero-order valence-electron chi connectivity index (χ0n) is 14.3. The van der Waals surface area contributed by atoms with E-state index in [9.17, 15) is 9.90 Å². The number of nitriles is 2. The minimum absolute atomic E-state index is 0.0385. The van der Waals surface area contributed by atoms with Crippen LogP contribution in [0.5, 0.6) is 0 Å². The van der Waals surface area contributed by atoms with E-state index in [1.807, 2.05) is 12.1 Å². The summed E-state index contributed by atoms with van der Waals surface area (Å²) in [5, 5.41) is 34.1. The molecule has 8 heteroatoms. The summed E-state index contributed by atoms with van der Waals surface area (Å²) >= 11 is 0. The second-order valence-electron chi connectivity index (χ2n) is 7.72. The number of anilines is 1. The minimum Gasteiger partial charge on any atom is -0.380 e. The predicted octanol–water partition coefficient (Wildman–Crippen LogP) is 0.974. The standard InChI is InChI=1S/C18H20N6O2/c19-8-12-13(9-20)23-15(10-21-12)24-14-7-17(14)3-1-11(2-4-17)22-16(25)18(26)5-6-18/h10-11,14,26H,1-7H2,(H,22,25)(H,23,24). The van der Waals surface area contributed by atoms with E-state index in [1.165, 1.54) is 6.20 Å². The van der Waals surface area contributed by atoms with E-state index in [1.54, 1.807) is 0 Å². The molecule has 4 rings (SSSR count). The van der Waals surface area contributed by atoms with Crippen LogP contribution in [0.25, 0.3) is 0 Å². The number of amides is 1. The molecule has 134 valence electrons. The lowest BCUT2D eigenvalue weighted by atomic mass is 9.82. The summed E-state index contributed by atoms with van der Waals surface area (Å²) in [5.41, 5.74) is -0.820. The number of hydrogen-bond acceptors (Lipinski definition) is 7. The van der Waals surface area contributed by atoms with Crippen LogP contribution in [0.4, 0.5) is 5.82 Å². The second kappa shape index (κ2) is 5.93. The average molecular weight is 352 g/mol. The van der Waals surface area contributed by atoms with Crippen molar-refractivity contribution < 1.29 is 9.90 Å². The SMILES string of the molecule is N#Cc1ncc(NC2CC23CCC(NC(=O)C2(O)CC2)CC3)nc1C#N. The van der Waals surface area contributed by atoms with Crippen molar-refractivity contribution in [1.82, 2.24) is 15.3 Å². The molecule has 0 aliphatic heterocycles. The molecule has 3 aliphatic carbocycles. The second-order valence-corrected chi connectivity index (χ2v) is 7.72. The maximum Gasteiger partial charge on any atom is 0.252 e. The Morgan fingerprint density at radius 2 is 1.88 bits per heavy atom. The topological polar surface area (TPSA) is 135 Å². The zero-order chi connectivity index (χ0) is 18.4. The van der Waals surface area contributed by atoms with Gasteiger partial charge >= 0.3 is 0 Å². The van der Waals surface area contributed by atoms with Crippen molar-refractivity contribution in [2.24, 2.45) is 5.41 Å². The first kappa shape index (κ1) is 16.7. The van der Waals surface area contributed by atoms with Crippen LogP contribution in [0.3, 0.4) is 0 Å². The Morgan fingerprint density at radius 1 is 1.19 bits per heavy atom. The summed E-state index contributed by atoms with van der Waals surface area (Å²) < 4.78 is 0. The van der Waals surface area contributed by atoms with Gasteiger partial charge in [-0.15, -0.1) is 0 Å². The number of nitrogens with zero attached hydrogens (tertiary/aromatic N) is 4. The third-order valence-corrected chi connectivity index (χ3v) is 5.96. The smallest absolute Gasteiger partial charge is 0.252 e. The van der Waals surface area contributed by atoms with Crippen molar-refractivity contribution in [3.63, 3.8) is 0 Å². The molecule has 26 heavy (non-hydrogen) atoms. The average Bonchev–Trinajstić information content (AvgIpc) is 3.55. The molecule has 0 bridgehead atoms. The molecule has 1 spiro atoms. The molecule has 1 heterocycles. The normalized spacial score (nSPS) is 30.7. The molecule has 1 unspecified atom stereocenters. The number of nitrogens with one attached hydrogen (secondary N) is 2. The maximum atomic E-state index is 12.0. The lowest BCUT2D eigenvalue weighted by Gasteiger charge is -2.30. The van der Waals surface area contributed by atoms with E-state index in [-0.39, 0.29) is 34.8 Å². The quantitative estimate of drug-likeness (QED) is 0.735. The molecule has 3 N–H and O–H groups in total. The highest BCUT2D eigenvalue weighted by Crippen LogP contribution is 2.57. The van der Waals surface area contributed by atoms with Gasteiger partial charge in [0.05, 0.1) is 6.20 Å². The number of rotatable bonds is 4. The van der Waals surface area contributed by atoms with Crippen LogP contribution in [0.1, 0.15) is 56.3 Å². The van der Waals surface area contributed by atoms with Crippen LogP contribution in [0.15, 0.2) is 6.20 Å². The largest absolute Gasteiger partial charge is 0.380 e. The molecule has 1 aromatic heterocycles. The molecule has 1 atom stereocenters. The Morgan fingerprint density at radius 3 is 2.50 bits per heavy atom. The van der Waals surface area contributed by atoms with Crippen molar-refractivity contribution in [3.05, 3.63) is 17.6 Å². The zero-order valence-corrected chi connectivity index (χ0v) is 14.3. The Labute approximate surface area is 151 Å². The lowest BCUT2D eigenvalue weighted by Crippen LogP contribution is -2.44. The van der Waals surface area contributed by atoms with Gasteiger partial charge in [-0.1, -0.05) is 0 Å². The van der Waals surface area contributed by atoms with E-state index in [2.05, 4.69) is 20.6 Å². The summed E-state index contributed by atoms with van der Waals surface area (Å²) in [6, 6.07) is 4.17. The van der Waals surface area contributed by atoms with Crippen LogP contribution in [-0.2, 0) is 4.79 Å². The van der Waals surface area contributed by atoms with Gasteiger partial charge in [-0.25, -0.2) is 9.97 Å². The van der Waals surface area contributed by atoms with Gasteiger partial charge in [0.1, 0.15) is 23.6 Å². The Bertz CT molecular complexity index is 827. The molecule has 1 amide bonds. The first-order chi connectivity index (χ1) is 12.5. The minimum atomic E-state index is -1.11. The number of aromatic nitrogens is 2. The van der Waals surface area contributed by atoms with Crippen molar-refractivity contribution in [3.8, 4) is 12.1 Å². The molecule has 1 aromatic rings. The van der Waals surface area contributed by atoms with Crippen LogP contribution in [0.2, 0.25) is 0 Å². The summed E-state index contributed by atoms with van der Waals surface area (Å²) in [6.07, 6.45) is 7.47. The third kappa shape index (κ3) is 2.97. The van der Waals surface area contributed by atoms with Crippen LogP contribution >= 0.6 is 0 Å². The van der Waals surface area contributed by atoms with Crippen molar-refractivity contribution >= 4 is 11.7 Å². The highest BCUT2D eigenvalue weighted by molar-refractivity contribution is 5.87. The van der Waals surface area contributed by atoms with E-state index in [0.29, 0.717) is 18.7 Å². The third-order valence-electron chi connectivity index (χ3n) is 5.96. The maximum absolute atomic E-state index is 12.0. The van der Waals surface area contributed by atoms with Crippen molar-refractivity contribution in [2.75, 3.05) is 5.32 Å². The Hall–Kier alpha value is -2.71. The van der Waals surface area contributed by atoms with Crippen molar-refractivity contribution in [2.45, 2.75) is 62.6 Å². The fraction of sp³-hybridized carbons (Fsp3) is 0.611. The van der Waals surface area contributed by atoms with E-state index < -0.39 is 5.60 Å². The van der Waals surface area contributed by atoms with Gasteiger partial charge < -0.3 is 15.7 Å². The van der Waals surface area contributed by atoms with Crippen molar-refractivity contribution in [1.29, 1.82) is 10.5 Å². The molecule has 3 saturated carbocycles. The van der Waals surface area contributed by atoms with E-state index >= 15 is 0 Å². The monoisotopic (exact) mass is 352 g/mol. The fourth-order valence-electron chi connectivity index (χ4n) is 3.90. The Kier molecular flexibility index (Phi) is 3.82. The number of carbonyl (C=O) groups is 1. The van der Waals surface area contributed by atoms with Gasteiger partial charge in [0.15, 0.2) is 11.4 Å². The highest BCUT2D eigenvalue weighted by atomic mass is 16.3. The molecule has 3 fully saturated rings. The summed E-state index contributed by atoms with van der Waals surface area (Å²) in [6.45, 7) is 0. The van der Waals surface area contributed by atoms with Gasteiger partial charge in [-0.2, -0.15) is 10.5 Å². The predicted molar refractivity (Wildman–Crippen MR) is 90.5 cm³/mol. The fourth-order valence-corrected chi connectivity index (χ4v) is 3.90. The molecular weight excluding hydrogens is 332 g/mol. The van der Waals surface area contributed by atoms with E-state index in [4.69, 9.17) is 10.5 Å².